The molecule has 1 amide bonds. The topological polar surface area (TPSA) is 75.6 Å². The second-order valence-electron chi connectivity index (χ2n) is 3.85. The Morgan fingerprint density at radius 2 is 2.40 bits per heavy atom. The number of alkyl carbamates (subject to hydrolysis) is 1. The maximum atomic E-state index is 11.2. The molecule has 1 unspecified atom stereocenters. The van der Waals surface area contributed by atoms with Crippen LogP contribution in [0.5, 0.6) is 0 Å². The Hall–Kier alpha value is -1.26. The summed E-state index contributed by atoms with van der Waals surface area (Å²) in [4.78, 5) is 21.7. The zero-order chi connectivity index (χ0) is 11.3. The van der Waals surface area contributed by atoms with Crippen LogP contribution in [0.2, 0.25) is 0 Å². The van der Waals surface area contributed by atoms with E-state index in [4.69, 9.17) is 9.84 Å². The van der Waals surface area contributed by atoms with Gasteiger partial charge in [-0.3, -0.25) is 4.79 Å². The maximum absolute atomic E-state index is 11.2. The zero-order valence-electron chi connectivity index (χ0n) is 8.91. The molecule has 0 aromatic heterocycles. The van der Waals surface area contributed by atoms with Gasteiger partial charge in [-0.15, -0.1) is 0 Å². The van der Waals surface area contributed by atoms with E-state index >= 15 is 0 Å². The van der Waals surface area contributed by atoms with Crippen LogP contribution in [0.1, 0.15) is 39.0 Å². The van der Waals surface area contributed by atoms with Crippen molar-refractivity contribution in [1.29, 1.82) is 0 Å². The number of cyclic esters (lactones) is 1. The van der Waals surface area contributed by atoms with Crippen LogP contribution >= 0.6 is 0 Å². The third-order valence-corrected chi connectivity index (χ3v) is 2.83. The van der Waals surface area contributed by atoms with E-state index in [0.29, 0.717) is 19.4 Å². The largest absolute Gasteiger partial charge is 0.481 e. The predicted octanol–water partition coefficient (Wildman–Crippen LogP) is 1.52. The summed E-state index contributed by atoms with van der Waals surface area (Å²) >= 11 is 0. The molecule has 0 saturated carbocycles. The Labute approximate surface area is 88.8 Å². The van der Waals surface area contributed by atoms with Gasteiger partial charge in [0.15, 0.2) is 0 Å². The van der Waals surface area contributed by atoms with Gasteiger partial charge in [0.05, 0.1) is 0 Å². The molecule has 15 heavy (non-hydrogen) atoms. The minimum absolute atomic E-state index is 0.0428. The monoisotopic (exact) mass is 215 g/mol. The van der Waals surface area contributed by atoms with Gasteiger partial charge in [0.25, 0.3) is 0 Å². The number of carboxylic acid groups (broad SMARTS) is 1. The number of amides is 1. The van der Waals surface area contributed by atoms with E-state index in [2.05, 4.69) is 5.32 Å². The lowest BCUT2D eigenvalue weighted by molar-refractivity contribution is -0.138. The molecule has 2 N–H and O–H groups in total. The van der Waals surface area contributed by atoms with E-state index in [1.807, 2.05) is 6.92 Å². The highest BCUT2D eigenvalue weighted by atomic mass is 16.6. The molecule has 5 nitrogen and oxygen atoms in total. The Kier molecular flexibility index (Phi) is 3.94. The SMILES string of the molecule is CCC1(CCC(=O)O)CCCNC(=O)O1. The van der Waals surface area contributed by atoms with Crippen LogP contribution in [0.25, 0.3) is 0 Å². The molecule has 1 fully saturated rings. The van der Waals surface area contributed by atoms with Gasteiger partial charge in [-0.1, -0.05) is 6.92 Å². The number of rotatable bonds is 4. The smallest absolute Gasteiger partial charge is 0.407 e. The number of hydrogen-bond acceptors (Lipinski definition) is 3. The molecule has 1 aliphatic rings. The fraction of sp³-hybridized carbons (Fsp3) is 0.800. The van der Waals surface area contributed by atoms with Crippen molar-refractivity contribution < 1.29 is 19.4 Å². The maximum Gasteiger partial charge on any atom is 0.407 e. The fourth-order valence-corrected chi connectivity index (χ4v) is 1.82. The third-order valence-electron chi connectivity index (χ3n) is 2.83. The summed E-state index contributed by atoms with van der Waals surface area (Å²) in [6.45, 7) is 2.52. The fourth-order valence-electron chi connectivity index (χ4n) is 1.82. The number of carbonyl (C=O) groups excluding carboxylic acids is 1. The van der Waals surface area contributed by atoms with Crippen LogP contribution < -0.4 is 5.32 Å². The second-order valence-corrected chi connectivity index (χ2v) is 3.85. The number of aliphatic carboxylic acids is 1. The van der Waals surface area contributed by atoms with Crippen molar-refractivity contribution in [2.45, 2.75) is 44.6 Å². The van der Waals surface area contributed by atoms with Crippen molar-refractivity contribution in [2.24, 2.45) is 0 Å². The molecule has 0 bridgehead atoms. The summed E-state index contributed by atoms with van der Waals surface area (Å²) in [6, 6.07) is 0. The first-order valence-electron chi connectivity index (χ1n) is 5.26. The van der Waals surface area contributed by atoms with Crippen LogP contribution in [-0.4, -0.2) is 29.3 Å². The minimum Gasteiger partial charge on any atom is -0.481 e. The second kappa shape index (κ2) is 5.00. The first-order chi connectivity index (χ1) is 7.08. The van der Waals surface area contributed by atoms with Crippen LogP contribution in [-0.2, 0) is 9.53 Å². The molecule has 0 aromatic carbocycles. The molecular formula is C10H17NO4. The molecule has 86 valence electrons. The summed E-state index contributed by atoms with van der Waals surface area (Å²) in [5, 5.41) is 11.2. The lowest BCUT2D eigenvalue weighted by atomic mass is 9.89. The molecule has 0 radical (unpaired) electrons. The van der Waals surface area contributed by atoms with Crippen LogP contribution in [0.4, 0.5) is 4.79 Å². The van der Waals surface area contributed by atoms with Gasteiger partial charge >= 0.3 is 12.1 Å². The Balaban J connectivity index is 2.63. The summed E-state index contributed by atoms with van der Waals surface area (Å²) in [7, 11) is 0. The average molecular weight is 215 g/mol. The molecule has 1 atom stereocenters. The summed E-state index contributed by atoms with van der Waals surface area (Å²) in [6.07, 6.45) is 2.23. The third kappa shape index (κ3) is 3.42. The highest BCUT2D eigenvalue weighted by Crippen LogP contribution is 2.29. The van der Waals surface area contributed by atoms with Crippen molar-refractivity contribution in [3.63, 3.8) is 0 Å². The van der Waals surface area contributed by atoms with Crippen molar-refractivity contribution in [3.8, 4) is 0 Å². The molecule has 1 saturated heterocycles. The molecule has 0 spiro atoms. The van der Waals surface area contributed by atoms with Crippen molar-refractivity contribution in [3.05, 3.63) is 0 Å². The molecule has 5 heteroatoms. The van der Waals surface area contributed by atoms with E-state index in [1.165, 1.54) is 0 Å². The van der Waals surface area contributed by atoms with Gasteiger partial charge in [-0.05, 0) is 25.7 Å². The number of ether oxygens (including phenoxy) is 1. The molecule has 1 heterocycles. The van der Waals surface area contributed by atoms with E-state index in [0.717, 1.165) is 12.8 Å². The van der Waals surface area contributed by atoms with Crippen LogP contribution in [0.15, 0.2) is 0 Å². The molecule has 0 aromatic rings. The zero-order valence-corrected chi connectivity index (χ0v) is 8.91. The van der Waals surface area contributed by atoms with Gasteiger partial charge in [0.2, 0.25) is 0 Å². The first kappa shape index (κ1) is 11.8. The molecule has 0 aliphatic carbocycles. The highest BCUT2D eigenvalue weighted by Gasteiger charge is 2.34. The average Bonchev–Trinajstić information content (AvgIpc) is 2.38. The van der Waals surface area contributed by atoms with Crippen LogP contribution in [0.3, 0.4) is 0 Å². The lowest BCUT2D eigenvalue weighted by Gasteiger charge is -2.30. The summed E-state index contributed by atoms with van der Waals surface area (Å²) in [5.74, 6) is -0.851. The van der Waals surface area contributed by atoms with Gasteiger partial charge in [-0.2, -0.15) is 0 Å². The number of carbonyl (C=O) groups is 2. The number of hydrogen-bond donors (Lipinski definition) is 2. The van der Waals surface area contributed by atoms with Gasteiger partial charge in [-0.25, -0.2) is 4.79 Å². The molecule has 1 rings (SSSR count). The van der Waals surface area contributed by atoms with E-state index < -0.39 is 17.7 Å². The summed E-state index contributed by atoms with van der Waals surface area (Å²) in [5.41, 5.74) is -0.584. The van der Waals surface area contributed by atoms with Gasteiger partial charge in [0.1, 0.15) is 5.60 Å². The number of nitrogens with one attached hydrogen (secondary N) is 1. The van der Waals surface area contributed by atoms with E-state index in [-0.39, 0.29) is 6.42 Å². The van der Waals surface area contributed by atoms with Crippen molar-refractivity contribution in [1.82, 2.24) is 5.32 Å². The molecular weight excluding hydrogens is 198 g/mol. The van der Waals surface area contributed by atoms with Gasteiger partial charge < -0.3 is 15.2 Å². The Bertz CT molecular complexity index is 254. The van der Waals surface area contributed by atoms with E-state index in [9.17, 15) is 9.59 Å². The lowest BCUT2D eigenvalue weighted by Crippen LogP contribution is -2.35. The predicted molar refractivity (Wildman–Crippen MR) is 53.6 cm³/mol. The Morgan fingerprint density at radius 1 is 1.67 bits per heavy atom. The highest BCUT2D eigenvalue weighted by molar-refractivity contribution is 5.69. The van der Waals surface area contributed by atoms with E-state index in [1.54, 1.807) is 0 Å². The van der Waals surface area contributed by atoms with Crippen molar-refractivity contribution >= 4 is 12.1 Å². The molecule has 1 aliphatic heterocycles. The normalized spacial score (nSPS) is 26.3. The van der Waals surface area contributed by atoms with Gasteiger partial charge in [0, 0.05) is 13.0 Å². The Morgan fingerprint density at radius 3 is 3.00 bits per heavy atom. The first-order valence-corrected chi connectivity index (χ1v) is 5.26. The quantitative estimate of drug-likeness (QED) is 0.745. The standard InChI is InChI=1S/C10H17NO4/c1-2-10(6-4-8(12)13)5-3-7-11-9(14)15-10/h2-7H2,1H3,(H,11,14)(H,12,13). The van der Waals surface area contributed by atoms with Crippen molar-refractivity contribution in [2.75, 3.05) is 6.54 Å². The number of carboxylic acids is 1. The summed E-state index contributed by atoms with van der Waals surface area (Å²) < 4.78 is 5.29. The van der Waals surface area contributed by atoms with Crippen LogP contribution in [0, 0.1) is 0 Å². The minimum atomic E-state index is -0.851.